The average molecular weight is 403 g/mol. The monoisotopic (exact) mass is 403 g/mol. The lowest BCUT2D eigenvalue weighted by molar-refractivity contribution is 0.343. The van der Waals surface area contributed by atoms with Gasteiger partial charge in [-0.05, 0) is 49.7 Å². The van der Waals surface area contributed by atoms with Crippen LogP contribution in [0.25, 0.3) is 33.6 Å². The van der Waals surface area contributed by atoms with Crippen LogP contribution in [-0.2, 0) is 7.05 Å². The predicted molar refractivity (Wildman–Crippen MR) is 112 cm³/mol. The Labute approximate surface area is 173 Å². The summed E-state index contributed by atoms with van der Waals surface area (Å²) in [5.41, 5.74) is 4.10. The molecule has 4 heterocycles. The number of nitrogens with one attached hydrogen (secondary N) is 1. The lowest BCUT2D eigenvalue weighted by Gasteiger charge is -2.22. The first-order valence-electron chi connectivity index (χ1n) is 10.0. The molecule has 1 aliphatic rings. The van der Waals surface area contributed by atoms with Gasteiger partial charge in [-0.2, -0.15) is 10.2 Å². The molecule has 0 aliphatic carbocycles. The first-order chi connectivity index (χ1) is 14.7. The van der Waals surface area contributed by atoms with Crippen LogP contribution in [-0.4, -0.2) is 42.6 Å². The Morgan fingerprint density at radius 2 is 1.53 bits per heavy atom. The Kier molecular flexibility index (Phi) is 4.84. The Morgan fingerprint density at radius 1 is 0.833 bits per heavy atom. The van der Waals surface area contributed by atoms with Crippen molar-refractivity contribution in [2.24, 2.45) is 7.05 Å². The highest BCUT2D eigenvalue weighted by atomic mass is 19.1. The highest BCUT2D eigenvalue weighted by Gasteiger charge is 2.16. The van der Waals surface area contributed by atoms with E-state index in [1.54, 1.807) is 23.3 Å². The highest BCUT2D eigenvalue weighted by molar-refractivity contribution is 5.70. The SMILES string of the molecule is Cn1cc(-c2cc(F)cc(-c3ncc(-c4cnn(C5CCNCC5)c4)cn3)c2)cn1. The number of rotatable bonds is 4. The smallest absolute Gasteiger partial charge is 0.159 e. The van der Waals surface area contributed by atoms with Gasteiger partial charge >= 0.3 is 0 Å². The lowest BCUT2D eigenvalue weighted by Crippen LogP contribution is -2.29. The van der Waals surface area contributed by atoms with Crippen LogP contribution in [0.4, 0.5) is 4.39 Å². The zero-order chi connectivity index (χ0) is 20.5. The number of nitrogens with zero attached hydrogens (tertiary/aromatic N) is 6. The van der Waals surface area contributed by atoms with E-state index in [1.165, 1.54) is 12.1 Å². The molecule has 0 atom stereocenters. The van der Waals surface area contributed by atoms with E-state index in [0.717, 1.165) is 48.2 Å². The number of benzene rings is 1. The third-order valence-electron chi connectivity index (χ3n) is 5.46. The Balaban J connectivity index is 1.40. The highest BCUT2D eigenvalue weighted by Crippen LogP contribution is 2.27. The van der Waals surface area contributed by atoms with E-state index in [0.29, 0.717) is 17.4 Å². The number of halogens is 1. The van der Waals surface area contributed by atoms with Crippen molar-refractivity contribution in [3.63, 3.8) is 0 Å². The fourth-order valence-electron chi connectivity index (χ4n) is 3.84. The molecular formula is C22H22FN7. The van der Waals surface area contributed by atoms with Gasteiger partial charge in [-0.25, -0.2) is 14.4 Å². The van der Waals surface area contributed by atoms with Crippen molar-refractivity contribution in [1.82, 2.24) is 34.8 Å². The molecule has 8 heteroatoms. The van der Waals surface area contributed by atoms with E-state index in [4.69, 9.17) is 0 Å². The molecule has 4 aromatic rings. The normalized spacial score (nSPS) is 14.9. The molecule has 0 bridgehead atoms. The summed E-state index contributed by atoms with van der Waals surface area (Å²) in [6, 6.07) is 5.25. The molecule has 1 saturated heterocycles. The predicted octanol–water partition coefficient (Wildman–Crippen LogP) is 3.47. The fourth-order valence-corrected chi connectivity index (χ4v) is 3.84. The molecule has 1 fully saturated rings. The Hall–Kier alpha value is -3.39. The minimum absolute atomic E-state index is 0.331. The van der Waals surface area contributed by atoms with Gasteiger partial charge in [0.25, 0.3) is 0 Å². The summed E-state index contributed by atoms with van der Waals surface area (Å²) in [7, 11) is 1.83. The molecule has 0 radical (unpaired) electrons. The second-order valence-electron chi connectivity index (χ2n) is 7.62. The topological polar surface area (TPSA) is 73.5 Å². The maximum Gasteiger partial charge on any atom is 0.159 e. The second kappa shape index (κ2) is 7.79. The summed E-state index contributed by atoms with van der Waals surface area (Å²) in [4.78, 5) is 8.97. The quantitative estimate of drug-likeness (QED) is 0.565. The van der Waals surface area contributed by atoms with E-state index in [2.05, 4.69) is 31.7 Å². The van der Waals surface area contributed by atoms with Crippen LogP contribution in [0.2, 0.25) is 0 Å². The van der Waals surface area contributed by atoms with Crippen LogP contribution in [0, 0.1) is 5.82 Å². The molecule has 0 spiro atoms. The van der Waals surface area contributed by atoms with E-state index in [1.807, 2.05) is 30.2 Å². The minimum Gasteiger partial charge on any atom is -0.317 e. The van der Waals surface area contributed by atoms with Crippen molar-refractivity contribution in [1.29, 1.82) is 0 Å². The molecule has 152 valence electrons. The molecular weight excluding hydrogens is 381 g/mol. The summed E-state index contributed by atoms with van der Waals surface area (Å²) < 4.78 is 18.0. The van der Waals surface area contributed by atoms with Crippen molar-refractivity contribution < 1.29 is 4.39 Å². The maximum atomic E-state index is 14.2. The number of piperidine rings is 1. The van der Waals surface area contributed by atoms with Gasteiger partial charge in [-0.3, -0.25) is 9.36 Å². The van der Waals surface area contributed by atoms with E-state index < -0.39 is 0 Å². The summed E-state index contributed by atoms with van der Waals surface area (Å²) in [5.74, 6) is 0.149. The summed E-state index contributed by atoms with van der Waals surface area (Å²) in [5, 5.41) is 12.1. The number of hydrogen-bond donors (Lipinski definition) is 1. The van der Waals surface area contributed by atoms with Crippen LogP contribution >= 0.6 is 0 Å². The standard InChI is InChI=1S/C22H22FN7/c1-29-13-18(11-27-29)15-6-16(8-20(23)7-15)22-25-9-17(10-26-22)19-12-28-30(14-19)21-2-4-24-5-3-21/h6-14,21,24H,2-5H2,1H3. The van der Waals surface area contributed by atoms with Crippen LogP contribution in [0.15, 0.2) is 55.4 Å². The molecule has 3 aromatic heterocycles. The Morgan fingerprint density at radius 3 is 2.27 bits per heavy atom. The van der Waals surface area contributed by atoms with Gasteiger partial charge in [0, 0.05) is 54.1 Å². The molecule has 7 nitrogen and oxygen atoms in total. The van der Waals surface area contributed by atoms with Crippen LogP contribution < -0.4 is 5.32 Å². The molecule has 5 rings (SSSR count). The van der Waals surface area contributed by atoms with Gasteiger partial charge in [0.15, 0.2) is 5.82 Å². The summed E-state index contributed by atoms with van der Waals surface area (Å²) in [6.45, 7) is 2.04. The number of aromatic nitrogens is 6. The van der Waals surface area contributed by atoms with Crippen molar-refractivity contribution in [2.75, 3.05) is 13.1 Å². The van der Waals surface area contributed by atoms with Crippen LogP contribution in [0.5, 0.6) is 0 Å². The minimum atomic E-state index is -0.331. The fraction of sp³-hybridized carbons (Fsp3) is 0.273. The van der Waals surface area contributed by atoms with Crippen molar-refractivity contribution in [3.8, 4) is 33.6 Å². The van der Waals surface area contributed by atoms with Gasteiger partial charge < -0.3 is 5.32 Å². The lowest BCUT2D eigenvalue weighted by atomic mass is 10.1. The van der Waals surface area contributed by atoms with E-state index in [9.17, 15) is 4.39 Å². The molecule has 0 unspecified atom stereocenters. The molecule has 30 heavy (non-hydrogen) atoms. The molecule has 0 saturated carbocycles. The zero-order valence-corrected chi connectivity index (χ0v) is 16.7. The van der Waals surface area contributed by atoms with Crippen molar-refractivity contribution in [2.45, 2.75) is 18.9 Å². The van der Waals surface area contributed by atoms with Crippen LogP contribution in [0.3, 0.4) is 0 Å². The number of aryl methyl sites for hydroxylation is 1. The first kappa shape index (κ1) is 18.6. The molecule has 1 aromatic carbocycles. The second-order valence-corrected chi connectivity index (χ2v) is 7.62. The van der Waals surface area contributed by atoms with Crippen molar-refractivity contribution in [3.05, 3.63) is 61.2 Å². The van der Waals surface area contributed by atoms with Crippen molar-refractivity contribution >= 4 is 0 Å². The van der Waals surface area contributed by atoms with E-state index in [-0.39, 0.29) is 5.82 Å². The van der Waals surface area contributed by atoms with Gasteiger partial charge in [0.05, 0.1) is 18.4 Å². The molecule has 0 amide bonds. The van der Waals surface area contributed by atoms with Gasteiger partial charge in [-0.15, -0.1) is 0 Å². The third kappa shape index (κ3) is 3.73. The van der Waals surface area contributed by atoms with Crippen LogP contribution in [0.1, 0.15) is 18.9 Å². The summed E-state index contributed by atoms with van der Waals surface area (Å²) in [6.07, 6.45) is 13.2. The Bertz CT molecular complexity index is 1160. The number of hydrogen-bond acceptors (Lipinski definition) is 5. The van der Waals surface area contributed by atoms with E-state index >= 15 is 0 Å². The van der Waals surface area contributed by atoms with Gasteiger partial charge in [-0.1, -0.05) is 0 Å². The average Bonchev–Trinajstić information content (AvgIpc) is 3.44. The molecule has 1 N–H and O–H groups in total. The van der Waals surface area contributed by atoms with Gasteiger partial charge in [0.1, 0.15) is 5.82 Å². The molecule has 1 aliphatic heterocycles. The first-order valence-corrected chi connectivity index (χ1v) is 10.0. The summed E-state index contributed by atoms with van der Waals surface area (Å²) >= 11 is 0. The largest absolute Gasteiger partial charge is 0.317 e. The van der Waals surface area contributed by atoms with Gasteiger partial charge in [0.2, 0.25) is 0 Å². The zero-order valence-electron chi connectivity index (χ0n) is 16.7. The third-order valence-corrected chi connectivity index (χ3v) is 5.46. The maximum absolute atomic E-state index is 14.2.